The molecule has 1 aliphatic carbocycles. The molecule has 2 amide bonds. The highest BCUT2D eigenvalue weighted by molar-refractivity contribution is 6.00. The van der Waals surface area contributed by atoms with Crippen LogP contribution in [0.4, 0.5) is 10.2 Å². The number of carbonyl (C=O) groups excluding carboxylic acids is 2. The molecule has 5 rings (SSSR count). The summed E-state index contributed by atoms with van der Waals surface area (Å²) in [5.74, 6) is 0.226. The van der Waals surface area contributed by atoms with Gasteiger partial charge in [0.15, 0.2) is 0 Å². The highest BCUT2D eigenvalue weighted by atomic mass is 19.1. The third kappa shape index (κ3) is 3.92. The van der Waals surface area contributed by atoms with Crippen molar-refractivity contribution in [1.82, 2.24) is 29.9 Å². The van der Waals surface area contributed by atoms with E-state index in [1.807, 2.05) is 10.7 Å². The number of halogens is 1. The molecular formula is C21H22FN7O2. The molecule has 0 spiro atoms. The van der Waals surface area contributed by atoms with Crippen molar-refractivity contribution in [2.75, 3.05) is 11.9 Å². The lowest BCUT2D eigenvalue weighted by molar-refractivity contribution is -0.120. The Morgan fingerprint density at radius 2 is 1.97 bits per heavy atom. The molecule has 3 heterocycles. The van der Waals surface area contributed by atoms with Gasteiger partial charge in [0.25, 0.3) is 11.8 Å². The maximum absolute atomic E-state index is 13.0. The Morgan fingerprint density at radius 3 is 2.71 bits per heavy atom. The van der Waals surface area contributed by atoms with Gasteiger partial charge in [0.1, 0.15) is 24.0 Å². The first-order valence-electron chi connectivity index (χ1n) is 10.3. The van der Waals surface area contributed by atoms with E-state index in [0.29, 0.717) is 25.4 Å². The van der Waals surface area contributed by atoms with Crippen LogP contribution < -0.4 is 10.2 Å². The lowest BCUT2D eigenvalue weighted by atomic mass is 10.2. The molecule has 2 aromatic heterocycles. The van der Waals surface area contributed by atoms with E-state index in [4.69, 9.17) is 0 Å². The Bertz CT molecular complexity index is 1130. The predicted molar refractivity (Wildman–Crippen MR) is 109 cm³/mol. The zero-order valence-electron chi connectivity index (χ0n) is 17.0. The molecule has 31 heavy (non-hydrogen) atoms. The normalized spacial score (nSPS) is 18.6. The van der Waals surface area contributed by atoms with Crippen LogP contribution in [0.2, 0.25) is 0 Å². The molecule has 1 aromatic carbocycles. The zero-order valence-corrected chi connectivity index (χ0v) is 17.0. The van der Waals surface area contributed by atoms with E-state index in [1.165, 1.54) is 23.1 Å². The van der Waals surface area contributed by atoms with Crippen molar-refractivity contribution in [1.29, 1.82) is 0 Å². The number of carbonyl (C=O) groups is 2. The molecule has 0 saturated heterocycles. The van der Waals surface area contributed by atoms with Gasteiger partial charge in [0.05, 0.1) is 12.2 Å². The van der Waals surface area contributed by atoms with Crippen LogP contribution in [-0.2, 0) is 17.9 Å². The van der Waals surface area contributed by atoms with Crippen molar-refractivity contribution in [3.8, 4) is 0 Å². The van der Waals surface area contributed by atoms with Gasteiger partial charge in [-0.2, -0.15) is 5.10 Å². The third-order valence-electron chi connectivity index (χ3n) is 5.68. The number of rotatable bonds is 5. The summed E-state index contributed by atoms with van der Waals surface area (Å²) in [6.45, 7) is 0.894. The van der Waals surface area contributed by atoms with E-state index in [1.54, 1.807) is 24.1 Å². The molecule has 10 heteroatoms. The number of anilines is 1. The Hall–Kier alpha value is -3.56. The van der Waals surface area contributed by atoms with Gasteiger partial charge in [-0.3, -0.25) is 14.5 Å². The minimum absolute atomic E-state index is 0.0180. The highest BCUT2D eigenvalue weighted by Gasteiger charge is 2.34. The van der Waals surface area contributed by atoms with E-state index >= 15 is 0 Å². The van der Waals surface area contributed by atoms with Gasteiger partial charge in [-0.05, 0) is 37.0 Å². The number of nitrogens with zero attached hydrogens (tertiary/aromatic N) is 6. The van der Waals surface area contributed by atoms with Crippen LogP contribution in [0.15, 0.2) is 36.7 Å². The molecule has 1 N–H and O–H groups in total. The first-order valence-corrected chi connectivity index (χ1v) is 10.3. The molecule has 1 saturated carbocycles. The van der Waals surface area contributed by atoms with Gasteiger partial charge >= 0.3 is 0 Å². The van der Waals surface area contributed by atoms with Gasteiger partial charge < -0.3 is 5.32 Å². The largest absolute Gasteiger partial charge is 0.337 e. The van der Waals surface area contributed by atoms with Crippen molar-refractivity contribution in [2.45, 2.75) is 44.3 Å². The number of hydrogen-bond acceptors (Lipinski definition) is 5. The van der Waals surface area contributed by atoms with Gasteiger partial charge in [-0.1, -0.05) is 12.1 Å². The van der Waals surface area contributed by atoms with E-state index in [2.05, 4.69) is 20.5 Å². The third-order valence-corrected chi connectivity index (χ3v) is 5.68. The van der Waals surface area contributed by atoms with E-state index < -0.39 is 11.9 Å². The average molecular weight is 423 g/mol. The number of nitrogens with one attached hydrogen (secondary N) is 1. The van der Waals surface area contributed by atoms with Crippen molar-refractivity contribution in [2.24, 2.45) is 0 Å². The van der Waals surface area contributed by atoms with Gasteiger partial charge in [-0.15, -0.1) is 5.10 Å². The summed E-state index contributed by atoms with van der Waals surface area (Å²) < 4.78 is 16.4. The number of fused-ring (bicyclic) bond motifs is 1. The fraction of sp³-hybridized carbons (Fsp3) is 0.381. The van der Waals surface area contributed by atoms with E-state index in [9.17, 15) is 14.0 Å². The second-order valence-electron chi connectivity index (χ2n) is 8.03. The number of aryl methyl sites for hydroxylation is 1. The Labute approximate surface area is 177 Å². The van der Waals surface area contributed by atoms with Gasteiger partial charge in [0.2, 0.25) is 5.82 Å². The maximum atomic E-state index is 13.0. The minimum atomic E-state index is -0.687. The van der Waals surface area contributed by atoms with Crippen molar-refractivity contribution >= 4 is 17.6 Å². The molecule has 0 radical (unpaired) electrons. The number of aromatic nitrogens is 5. The summed E-state index contributed by atoms with van der Waals surface area (Å²) in [5, 5.41) is 11.6. The second kappa shape index (κ2) is 7.60. The molecular weight excluding hydrogens is 401 g/mol. The Balaban J connectivity index is 1.25. The maximum Gasteiger partial charge on any atom is 0.291 e. The van der Waals surface area contributed by atoms with Crippen molar-refractivity contribution < 1.29 is 14.0 Å². The molecule has 9 nitrogen and oxygen atoms in total. The van der Waals surface area contributed by atoms with Gasteiger partial charge in [-0.25, -0.2) is 18.7 Å². The van der Waals surface area contributed by atoms with Crippen LogP contribution in [0.5, 0.6) is 0 Å². The second-order valence-corrected chi connectivity index (χ2v) is 8.03. The minimum Gasteiger partial charge on any atom is -0.337 e. The summed E-state index contributed by atoms with van der Waals surface area (Å²) in [4.78, 5) is 31.2. The van der Waals surface area contributed by atoms with Crippen LogP contribution in [-0.4, -0.2) is 49.4 Å². The lowest BCUT2D eigenvalue weighted by Crippen LogP contribution is -2.47. The summed E-state index contributed by atoms with van der Waals surface area (Å²) in [6, 6.07) is 7.31. The van der Waals surface area contributed by atoms with E-state index in [-0.39, 0.29) is 17.5 Å². The Kier molecular flexibility index (Phi) is 4.76. The van der Waals surface area contributed by atoms with Crippen LogP contribution >= 0.6 is 0 Å². The molecule has 0 bridgehead atoms. The topological polar surface area (TPSA) is 97.9 Å². The first-order chi connectivity index (χ1) is 15.0. The summed E-state index contributed by atoms with van der Waals surface area (Å²) >= 11 is 0. The van der Waals surface area contributed by atoms with Crippen LogP contribution in [0.1, 0.15) is 47.1 Å². The molecule has 3 aromatic rings. The monoisotopic (exact) mass is 423 g/mol. The molecule has 1 atom stereocenters. The quantitative estimate of drug-likeness (QED) is 0.674. The Morgan fingerprint density at radius 1 is 1.19 bits per heavy atom. The average Bonchev–Trinajstić information content (AvgIpc) is 3.38. The van der Waals surface area contributed by atoms with E-state index in [0.717, 1.165) is 29.9 Å². The fourth-order valence-corrected chi connectivity index (χ4v) is 3.77. The zero-order chi connectivity index (χ0) is 21.5. The van der Waals surface area contributed by atoms with Gasteiger partial charge in [0, 0.05) is 25.6 Å². The van der Waals surface area contributed by atoms with Crippen LogP contribution in [0.25, 0.3) is 0 Å². The first kappa shape index (κ1) is 19.4. The number of benzene rings is 1. The standard InChI is InChI=1S/C21H22FN7O2/c1-27-18-10-17(14-4-5-14)25-29(18)9-8-16(21(27)31)24-20(30)19-23-12-28(26-19)11-13-2-6-15(22)7-3-13/h2-3,6-7,10,12,14,16H,4-5,8-9,11H2,1H3,(H,24,30). The number of hydrogen-bond donors (Lipinski definition) is 1. The van der Waals surface area contributed by atoms with Crippen LogP contribution in [0.3, 0.4) is 0 Å². The number of likely N-dealkylation sites (N-methyl/N-ethyl adjacent to an activating group) is 1. The molecule has 1 unspecified atom stereocenters. The highest BCUT2D eigenvalue weighted by Crippen LogP contribution is 2.40. The SMILES string of the molecule is CN1C(=O)C(NC(=O)c2ncn(Cc3ccc(F)cc3)n2)CCn2nc(C3CC3)cc21. The predicted octanol–water partition coefficient (Wildman–Crippen LogP) is 1.70. The number of amides is 2. The summed E-state index contributed by atoms with van der Waals surface area (Å²) in [7, 11) is 1.70. The summed E-state index contributed by atoms with van der Waals surface area (Å²) in [5.41, 5.74) is 1.87. The molecule has 1 aliphatic heterocycles. The molecule has 2 aliphatic rings. The van der Waals surface area contributed by atoms with Crippen LogP contribution in [0, 0.1) is 5.82 Å². The van der Waals surface area contributed by atoms with Crippen molar-refractivity contribution in [3.63, 3.8) is 0 Å². The molecule has 160 valence electrons. The lowest BCUT2D eigenvalue weighted by Gasteiger charge is -2.19. The molecule has 1 fully saturated rings. The van der Waals surface area contributed by atoms with Crippen molar-refractivity contribution in [3.05, 3.63) is 59.6 Å². The smallest absolute Gasteiger partial charge is 0.291 e. The summed E-state index contributed by atoms with van der Waals surface area (Å²) in [6.07, 6.45) is 4.17. The fourth-order valence-electron chi connectivity index (χ4n) is 3.77.